The van der Waals surface area contributed by atoms with Crippen molar-refractivity contribution in [1.82, 2.24) is 10.2 Å². The molecule has 1 N–H and O–H groups in total. The van der Waals surface area contributed by atoms with Gasteiger partial charge in [-0.2, -0.15) is 0 Å². The van der Waals surface area contributed by atoms with Gasteiger partial charge in [-0.15, -0.1) is 0 Å². The third-order valence-electron chi connectivity index (χ3n) is 4.66. The lowest BCUT2D eigenvalue weighted by Gasteiger charge is -2.28. The Labute approximate surface area is 119 Å². The average molecular weight is 268 g/mol. The van der Waals surface area contributed by atoms with Crippen molar-refractivity contribution in [2.24, 2.45) is 11.8 Å². The van der Waals surface area contributed by atoms with E-state index in [4.69, 9.17) is 4.74 Å². The summed E-state index contributed by atoms with van der Waals surface area (Å²) >= 11 is 0. The number of nitrogens with zero attached hydrogens (tertiary/aromatic N) is 1. The first-order valence-corrected chi connectivity index (χ1v) is 8.33. The van der Waals surface area contributed by atoms with Gasteiger partial charge in [0, 0.05) is 32.3 Å². The maximum atomic E-state index is 5.73. The van der Waals surface area contributed by atoms with Gasteiger partial charge in [0.1, 0.15) is 0 Å². The molecule has 2 aliphatic rings. The summed E-state index contributed by atoms with van der Waals surface area (Å²) in [7, 11) is 0. The molecule has 2 rings (SSSR count). The van der Waals surface area contributed by atoms with Gasteiger partial charge in [-0.25, -0.2) is 0 Å². The minimum Gasteiger partial charge on any atom is -0.381 e. The summed E-state index contributed by atoms with van der Waals surface area (Å²) < 4.78 is 5.73. The smallest absolute Gasteiger partial charge is 0.0494 e. The molecule has 1 heterocycles. The highest BCUT2D eigenvalue weighted by atomic mass is 16.5. The van der Waals surface area contributed by atoms with Crippen LogP contribution >= 0.6 is 0 Å². The summed E-state index contributed by atoms with van der Waals surface area (Å²) in [5.74, 6) is 1.68. The second-order valence-corrected chi connectivity index (χ2v) is 6.47. The summed E-state index contributed by atoms with van der Waals surface area (Å²) in [5, 5.41) is 3.71. The zero-order chi connectivity index (χ0) is 13.5. The molecule has 0 aromatic rings. The molecule has 2 unspecified atom stereocenters. The summed E-state index contributed by atoms with van der Waals surface area (Å²) in [6.07, 6.45) is 6.55. The van der Waals surface area contributed by atoms with Gasteiger partial charge in [-0.3, -0.25) is 0 Å². The maximum Gasteiger partial charge on any atom is 0.0494 e. The Morgan fingerprint density at radius 3 is 2.95 bits per heavy atom. The van der Waals surface area contributed by atoms with E-state index in [0.29, 0.717) is 6.04 Å². The van der Waals surface area contributed by atoms with Crippen molar-refractivity contribution >= 4 is 0 Å². The molecule has 19 heavy (non-hydrogen) atoms. The van der Waals surface area contributed by atoms with Crippen LogP contribution < -0.4 is 5.32 Å². The fraction of sp³-hybridized carbons (Fsp3) is 1.00. The largest absolute Gasteiger partial charge is 0.381 e. The molecule has 0 amide bonds. The Hall–Kier alpha value is -0.120. The first kappa shape index (κ1) is 15.3. The monoisotopic (exact) mass is 268 g/mol. The molecule has 2 atom stereocenters. The van der Waals surface area contributed by atoms with E-state index in [1.165, 1.54) is 58.3 Å². The van der Waals surface area contributed by atoms with Gasteiger partial charge in [0.25, 0.3) is 0 Å². The standard InChI is InChI=1S/C16H32N2O/c1-3-14(2)16-12-18(9-4-8-17-16)10-5-11-19-13-15-6-7-15/h14-17H,3-13H2,1-2H3. The van der Waals surface area contributed by atoms with Crippen LogP contribution in [0.3, 0.4) is 0 Å². The molecule has 2 fully saturated rings. The van der Waals surface area contributed by atoms with Gasteiger partial charge in [0.2, 0.25) is 0 Å². The third kappa shape index (κ3) is 5.80. The normalized spacial score (nSPS) is 27.2. The minimum absolute atomic E-state index is 0.680. The molecule has 0 radical (unpaired) electrons. The predicted molar refractivity (Wildman–Crippen MR) is 80.5 cm³/mol. The van der Waals surface area contributed by atoms with Gasteiger partial charge < -0.3 is 15.0 Å². The molecule has 0 aromatic heterocycles. The van der Waals surface area contributed by atoms with Crippen molar-refractivity contribution < 1.29 is 4.74 Å². The van der Waals surface area contributed by atoms with E-state index >= 15 is 0 Å². The number of hydrogen-bond donors (Lipinski definition) is 1. The van der Waals surface area contributed by atoms with Gasteiger partial charge in [0.15, 0.2) is 0 Å². The van der Waals surface area contributed by atoms with Crippen molar-refractivity contribution in [2.45, 2.75) is 52.0 Å². The molecule has 3 heteroatoms. The van der Waals surface area contributed by atoms with Crippen molar-refractivity contribution in [2.75, 3.05) is 39.4 Å². The second-order valence-electron chi connectivity index (χ2n) is 6.47. The van der Waals surface area contributed by atoms with Gasteiger partial charge in [-0.05, 0) is 50.6 Å². The average Bonchev–Trinajstić information content (AvgIpc) is 3.24. The van der Waals surface area contributed by atoms with E-state index in [2.05, 4.69) is 24.1 Å². The van der Waals surface area contributed by atoms with Crippen LogP contribution in [0.5, 0.6) is 0 Å². The van der Waals surface area contributed by atoms with E-state index in [1.807, 2.05) is 0 Å². The zero-order valence-corrected chi connectivity index (χ0v) is 12.9. The summed E-state index contributed by atoms with van der Waals surface area (Å²) in [6, 6.07) is 0.680. The Balaban J connectivity index is 1.60. The molecular weight excluding hydrogens is 236 g/mol. The quantitative estimate of drug-likeness (QED) is 0.685. The van der Waals surface area contributed by atoms with Gasteiger partial charge in [-0.1, -0.05) is 20.3 Å². The number of nitrogens with one attached hydrogen (secondary N) is 1. The molecule has 1 saturated carbocycles. The van der Waals surface area contributed by atoms with Crippen LogP contribution in [-0.2, 0) is 4.74 Å². The lowest BCUT2D eigenvalue weighted by atomic mass is 9.99. The summed E-state index contributed by atoms with van der Waals surface area (Å²) in [5.41, 5.74) is 0. The molecule has 112 valence electrons. The SMILES string of the molecule is CCC(C)C1CN(CCCOCC2CC2)CCCN1. The molecule has 1 aliphatic heterocycles. The number of ether oxygens (including phenoxy) is 1. The zero-order valence-electron chi connectivity index (χ0n) is 12.9. The van der Waals surface area contributed by atoms with E-state index in [9.17, 15) is 0 Å². The van der Waals surface area contributed by atoms with E-state index < -0.39 is 0 Å². The van der Waals surface area contributed by atoms with Crippen LogP contribution in [0.1, 0.15) is 46.0 Å². The van der Waals surface area contributed by atoms with E-state index in [-0.39, 0.29) is 0 Å². The van der Waals surface area contributed by atoms with Crippen LogP contribution in [0.4, 0.5) is 0 Å². The first-order chi connectivity index (χ1) is 9.29. The molecule has 0 spiro atoms. The molecule has 3 nitrogen and oxygen atoms in total. The second kappa shape index (κ2) is 8.23. The topological polar surface area (TPSA) is 24.5 Å². The highest BCUT2D eigenvalue weighted by molar-refractivity contribution is 4.80. The first-order valence-electron chi connectivity index (χ1n) is 8.33. The van der Waals surface area contributed by atoms with E-state index in [0.717, 1.165) is 25.0 Å². The highest BCUT2D eigenvalue weighted by Crippen LogP contribution is 2.28. The molecular formula is C16H32N2O. The molecule has 1 saturated heterocycles. The molecule has 1 aliphatic carbocycles. The summed E-state index contributed by atoms with van der Waals surface area (Å²) in [4.78, 5) is 2.64. The molecule has 0 bridgehead atoms. The van der Waals surface area contributed by atoms with Crippen LogP contribution in [0.25, 0.3) is 0 Å². The van der Waals surface area contributed by atoms with E-state index in [1.54, 1.807) is 0 Å². The van der Waals surface area contributed by atoms with Crippen LogP contribution in [0, 0.1) is 11.8 Å². The Kier molecular flexibility index (Phi) is 6.62. The van der Waals surface area contributed by atoms with Crippen LogP contribution in [0.2, 0.25) is 0 Å². The van der Waals surface area contributed by atoms with Crippen molar-refractivity contribution in [3.63, 3.8) is 0 Å². The van der Waals surface area contributed by atoms with Crippen molar-refractivity contribution in [1.29, 1.82) is 0 Å². The predicted octanol–water partition coefficient (Wildman–Crippen LogP) is 2.51. The number of hydrogen-bond acceptors (Lipinski definition) is 3. The summed E-state index contributed by atoms with van der Waals surface area (Å²) in [6.45, 7) is 11.5. The fourth-order valence-corrected chi connectivity index (χ4v) is 2.82. The lowest BCUT2D eigenvalue weighted by Crippen LogP contribution is -2.42. The van der Waals surface area contributed by atoms with Crippen LogP contribution in [-0.4, -0.2) is 50.3 Å². The van der Waals surface area contributed by atoms with Crippen LogP contribution in [0.15, 0.2) is 0 Å². The Morgan fingerprint density at radius 1 is 1.37 bits per heavy atom. The Morgan fingerprint density at radius 2 is 2.21 bits per heavy atom. The minimum atomic E-state index is 0.680. The van der Waals surface area contributed by atoms with Gasteiger partial charge in [0.05, 0.1) is 0 Å². The maximum absolute atomic E-state index is 5.73. The fourth-order valence-electron chi connectivity index (χ4n) is 2.82. The Bertz CT molecular complexity index is 243. The lowest BCUT2D eigenvalue weighted by molar-refractivity contribution is 0.110. The van der Waals surface area contributed by atoms with Gasteiger partial charge >= 0.3 is 0 Å². The van der Waals surface area contributed by atoms with Crippen molar-refractivity contribution in [3.05, 3.63) is 0 Å². The molecule has 0 aromatic carbocycles. The number of rotatable bonds is 8. The van der Waals surface area contributed by atoms with Crippen molar-refractivity contribution in [3.8, 4) is 0 Å². The third-order valence-corrected chi connectivity index (χ3v) is 4.66. The highest BCUT2D eigenvalue weighted by Gasteiger charge is 2.22.